The SMILES string of the molecule is CN(CCc1ccc(O)cc1)C(=O)[C@H](N)CC(N)=O. The zero-order chi connectivity index (χ0) is 14.4. The van der Waals surface area contributed by atoms with Crippen LogP contribution in [0, 0.1) is 0 Å². The smallest absolute Gasteiger partial charge is 0.239 e. The molecule has 19 heavy (non-hydrogen) atoms. The minimum Gasteiger partial charge on any atom is -0.508 e. The highest BCUT2D eigenvalue weighted by Crippen LogP contribution is 2.10. The minimum atomic E-state index is -0.887. The molecule has 0 aliphatic carbocycles. The summed E-state index contributed by atoms with van der Waals surface area (Å²) in [5, 5.41) is 9.15. The van der Waals surface area contributed by atoms with Crippen LogP contribution in [-0.2, 0) is 16.0 Å². The maximum Gasteiger partial charge on any atom is 0.239 e. The van der Waals surface area contributed by atoms with E-state index in [-0.39, 0.29) is 18.1 Å². The Hall–Kier alpha value is -2.08. The van der Waals surface area contributed by atoms with Crippen molar-refractivity contribution >= 4 is 11.8 Å². The van der Waals surface area contributed by atoms with Gasteiger partial charge in [0.1, 0.15) is 5.75 Å². The van der Waals surface area contributed by atoms with Crippen LogP contribution in [0.1, 0.15) is 12.0 Å². The summed E-state index contributed by atoms with van der Waals surface area (Å²) in [6.45, 7) is 0.482. The van der Waals surface area contributed by atoms with E-state index >= 15 is 0 Å². The Morgan fingerprint density at radius 1 is 1.32 bits per heavy atom. The fourth-order valence-electron chi connectivity index (χ4n) is 1.66. The molecule has 1 rings (SSSR count). The lowest BCUT2D eigenvalue weighted by molar-refractivity contribution is -0.133. The van der Waals surface area contributed by atoms with Crippen molar-refractivity contribution < 1.29 is 14.7 Å². The van der Waals surface area contributed by atoms with Crippen molar-refractivity contribution in [2.24, 2.45) is 11.5 Å². The van der Waals surface area contributed by atoms with E-state index in [0.29, 0.717) is 13.0 Å². The minimum absolute atomic E-state index is 0.150. The van der Waals surface area contributed by atoms with Gasteiger partial charge in [-0.3, -0.25) is 9.59 Å². The predicted molar refractivity (Wildman–Crippen MR) is 71.2 cm³/mol. The van der Waals surface area contributed by atoms with Crippen LogP contribution in [0.4, 0.5) is 0 Å². The van der Waals surface area contributed by atoms with Crippen molar-refractivity contribution in [3.63, 3.8) is 0 Å². The lowest BCUT2D eigenvalue weighted by atomic mass is 10.1. The van der Waals surface area contributed by atoms with Gasteiger partial charge in [-0.15, -0.1) is 0 Å². The molecule has 0 fully saturated rings. The number of carbonyl (C=O) groups excluding carboxylic acids is 2. The molecule has 6 heteroatoms. The first-order valence-corrected chi connectivity index (χ1v) is 5.97. The van der Waals surface area contributed by atoms with Crippen LogP contribution in [0.2, 0.25) is 0 Å². The van der Waals surface area contributed by atoms with Crippen LogP contribution in [0.15, 0.2) is 24.3 Å². The van der Waals surface area contributed by atoms with Crippen molar-refractivity contribution in [2.45, 2.75) is 18.9 Å². The van der Waals surface area contributed by atoms with E-state index in [2.05, 4.69) is 0 Å². The van der Waals surface area contributed by atoms with Crippen molar-refractivity contribution in [3.8, 4) is 5.75 Å². The van der Waals surface area contributed by atoms with Gasteiger partial charge in [0.25, 0.3) is 0 Å². The molecule has 1 aromatic rings. The van der Waals surface area contributed by atoms with Crippen molar-refractivity contribution in [1.29, 1.82) is 0 Å². The molecule has 0 aliphatic rings. The van der Waals surface area contributed by atoms with Crippen LogP contribution in [0.3, 0.4) is 0 Å². The van der Waals surface area contributed by atoms with Gasteiger partial charge < -0.3 is 21.5 Å². The molecule has 104 valence electrons. The van der Waals surface area contributed by atoms with E-state index in [1.807, 2.05) is 0 Å². The molecule has 0 aromatic heterocycles. The van der Waals surface area contributed by atoms with Crippen LogP contribution in [-0.4, -0.2) is 41.5 Å². The highest BCUT2D eigenvalue weighted by Gasteiger charge is 2.19. The molecule has 2 amide bonds. The molecule has 5 N–H and O–H groups in total. The van der Waals surface area contributed by atoms with E-state index in [4.69, 9.17) is 16.6 Å². The zero-order valence-corrected chi connectivity index (χ0v) is 10.9. The van der Waals surface area contributed by atoms with Gasteiger partial charge in [-0.05, 0) is 24.1 Å². The maximum atomic E-state index is 11.8. The van der Waals surface area contributed by atoms with Gasteiger partial charge in [0.15, 0.2) is 0 Å². The molecule has 0 aliphatic heterocycles. The third-order valence-corrected chi connectivity index (χ3v) is 2.79. The molecule has 0 bridgehead atoms. The molecule has 0 spiro atoms. The second kappa shape index (κ2) is 6.75. The third-order valence-electron chi connectivity index (χ3n) is 2.79. The van der Waals surface area contributed by atoms with E-state index in [9.17, 15) is 9.59 Å². The average Bonchev–Trinajstić information content (AvgIpc) is 2.36. The quantitative estimate of drug-likeness (QED) is 0.649. The first-order chi connectivity index (χ1) is 8.90. The molecular formula is C13H19N3O3. The van der Waals surface area contributed by atoms with Gasteiger partial charge in [0, 0.05) is 13.6 Å². The number of hydrogen-bond donors (Lipinski definition) is 3. The topological polar surface area (TPSA) is 110 Å². The van der Waals surface area contributed by atoms with Crippen molar-refractivity contribution in [2.75, 3.05) is 13.6 Å². The first kappa shape index (κ1) is 15.0. The second-order valence-corrected chi connectivity index (χ2v) is 4.45. The largest absolute Gasteiger partial charge is 0.508 e. The summed E-state index contributed by atoms with van der Waals surface area (Å²) >= 11 is 0. The highest BCUT2D eigenvalue weighted by molar-refractivity contribution is 5.87. The highest BCUT2D eigenvalue weighted by atomic mass is 16.3. The average molecular weight is 265 g/mol. The number of nitrogens with zero attached hydrogens (tertiary/aromatic N) is 1. The number of benzene rings is 1. The predicted octanol–water partition coefficient (Wildman–Crippen LogP) is -0.404. The standard InChI is InChI=1S/C13H19N3O3/c1-16(13(19)11(14)8-12(15)18)7-6-9-2-4-10(17)5-3-9/h2-5,11,17H,6-8,14H2,1H3,(H2,15,18)/t11-/m1/s1. The number of carbonyl (C=O) groups is 2. The summed E-state index contributed by atoms with van der Waals surface area (Å²) in [5.41, 5.74) is 11.6. The molecule has 1 aromatic carbocycles. The fourth-order valence-corrected chi connectivity index (χ4v) is 1.66. The molecule has 0 radical (unpaired) electrons. The second-order valence-electron chi connectivity index (χ2n) is 4.45. The third kappa shape index (κ3) is 4.97. The van der Waals surface area contributed by atoms with Gasteiger partial charge in [0.2, 0.25) is 11.8 Å². The normalized spacial score (nSPS) is 11.9. The van der Waals surface area contributed by atoms with Crippen LogP contribution >= 0.6 is 0 Å². The number of amides is 2. The number of hydrogen-bond acceptors (Lipinski definition) is 4. The first-order valence-electron chi connectivity index (χ1n) is 5.97. The van der Waals surface area contributed by atoms with Crippen molar-refractivity contribution in [1.82, 2.24) is 4.90 Å². The number of rotatable bonds is 6. The molecule has 0 saturated carbocycles. The number of aromatic hydroxyl groups is 1. The fraction of sp³-hybridized carbons (Fsp3) is 0.385. The summed E-state index contributed by atoms with van der Waals surface area (Å²) in [5.74, 6) is -0.693. The van der Waals surface area contributed by atoms with Crippen LogP contribution in [0.25, 0.3) is 0 Å². The van der Waals surface area contributed by atoms with E-state index in [1.165, 1.54) is 4.90 Å². The monoisotopic (exact) mass is 265 g/mol. The zero-order valence-electron chi connectivity index (χ0n) is 10.9. The Bertz CT molecular complexity index is 445. The maximum absolute atomic E-state index is 11.8. The number of likely N-dealkylation sites (N-methyl/N-ethyl adjacent to an activating group) is 1. The Kier molecular flexibility index (Phi) is 5.32. The molecule has 6 nitrogen and oxygen atoms in total. The lowest BCUT2D eigenvalue weighted by Crippen LogP contribution is -2.44. The Balaban J connectivity index is 2.46. The molecule has 0 saturated heterocycles. The van der Waals surface area contributed by atoms with E-state index in [1.54, 1.807) is 31.3 Å². The van der Waals surface area contributed by atoms with E-state index in [0.717, 1.165) is 5.56 Å². The van der Waals surface area contributed by atoms with Gasteiger partial charge >= 0.3 is 0 Å². The number of nitrogens with two attached hydrogens (primary N) is 2. The van der Waals surface area contributed by atoms with Gasteiger partial charge in [-0.1, -0.05) is 12.1 Å². The summed E-state index contributed by atoms with van der Waals surface area (Å²) in [4.78, 5) is 24.0. The molecule has 0 unspecified atom stereocenters. The molecule has 0 heterocycles. The molecular weight excluding hydrogens is 246 g/mol. The van der Waals surface area contributed by atoms with Crippen molar-refractivity contribution in [3.05, 3.63) is 29.8 Å². The van der Waals surface area contributed by atoms with E-state index < -0.39 is 11.9 Å². The summed E-state index contributed by atoms with van der Waals surface area (Å²) in [7, 11) is 1.63. The Morgan fingerprint density at radius 2 is 1.89 bits per heavy atom. The van der Waals surface area contributed by atoms with Gasteiger partial charge in [0.05, 0.1) is 12.5 Å². The Morgan fingerprint density at radius 3 is 2.42 bits per heavy atom. The number of primary amides is 1. The summed E-state index contributed by atoms with van der Waals surface area (Å²) in [6.07, 6.45) is 0.494. The molecule has 1 atom stereocenters. The van der Waals surface area contributed by atoms with Crippen LogP contribution in [0.5, 0.6) is 5.75 Å². The number of phenolic OH excluding ortho intramolecular Hbond substituents is 1. The van der Waals surface area contributed by atoms with Gasteiger partial charge in [-0.2, -0.15) is 0 Å². The summed E-state index contributed by atoms with van der Waals surface area (Å²) in [6, 6.07) is 5.88. The Labute approximate surface area is 112 Å². The number of phenols is 1. The summed E-state index contributed by atoms with van der Waals surface area (Å²) < 4.78 is 0. The lowest BCUT2D eigenvalue weighted by Gasteiger charge is -2.20. The van der Waals surface area contributed by atoms with Gasteiger partial charge in [-0.25, -0.2) is 0 Å². The van der Waals surface area contributed by atoms with Crippen LogP contribution < -0.4 is 11.5 Å².